The zero-order valence-corrected chi connectivity index (χ0v) is 9.10. The lowest BCUT2D eigenvalue weighted by molar-refractivity contribution is 0.597. The fourth-order valence-electron chi connectivity index (χ4n) is 1.36. The van der Waals surface area contributed by atoms with Crippen molar-refractivity contribution in [1.29, 1.82) is 0 Å². The van der Waals surface area contributed by atoms with Crippen LogP contribution in [0.4, 0.5) is 0 Å². The van der Waals surface area contributed by atoms with Gasteiger partial charge in [-0.3, -0.25) is 4.72 Å². The highest BCUT2D eigenvalue weighted by Crippen LogP contribution is 2.19. The third kappa shape index (κ3) is 2.73. The first-order chi connectivity index (χ1) is 6.59. The van der Waals surface area contributed by atoms with Gasteiger partial charge in [0.1, 0.15) is 0 Å². The van der Waals surface area contributed by atoms with Gasteiger partial charge in [0.15, 0.2) is 0 Å². The van der Waals surface area contributed by atoms with Crippen molar-refractivity contribution in [2.24, 2.45) is 0 Å². The number of nitrogens with one attached hydrogen (secondary N) is 1. The van der Waals surface area contributed by atoms with Gasteiger partial charge in [-0.05, 0) is 24.8 Å². The van der Waals surface area contributed by atoms with Crippen LogP contribution in [0.25, 0.3) is 0 Å². The smallest absolute Gasteiger partial charge is 0.254 e. The molecule has 0 heterocycles. The maximum atomic E-state index is 11.2. The predicted molar refractivity (Wildman–Crippen MR) is 57.9 cm³/mol. The van der Waals surface area contributed by atoms with Crippen LogP contribution >= 0.6 is 0 Å². The Morgan fingerprint density at radius 2 is 2.14 bits per heavy atom. The molecule has 14 heavy (non-hydrogen) atoms. The molecule has 0 unspecified atom stereocenters. The maximum absolute atomic E-state index is 11.2. The molecule has 3 nitrogen and oxygen atoms in total. The Balaban J connectivity index is 2.83. The van der Waals surface area contributed by atoms with Crippen LogP contribution in [-0.2, 0) is 10.0 Å². The number of rotatable bonds is 4. The molecule has 78 valence electrons. The van der Waals surface area contributed by atoms with Crippen LogP contribution in [0.5, 0.6) is 0 Å². The Hall–Kier alpha value is -1.03. The van der Waals surface area contributed by atoms with Crippen molar-refractivity contribution < 1.29 is 8.42 Å². The molecule has 0 saturated heterocycles. The highest BCUT2D eigenvalue weighted by molar-refractivity contribution is 7.92. The third-order valence-corrected chi connectivity index (χ3v) is 3.05. The largest absolute Gasteiger partial charge is 0.280 e. The molecular weight excluding hydrogens is 198 g/mol. The van der Waals surface area contributed by atoms with E-state index in [9.17, 15) is 8.42 Å². The quantitative estimate of drug-likeness (QED) is 0.777. The Bertz CT molecular complexity index is 377. The van der Waals surface area contributed by atoms with Gasteiger partial charge in [-0.2, -0.15) is 0 Å². The fraction of sp³-hybridized carbons (Fsp3) is 0.400. The molecule has 1 aliphatic carbocycles. The molecule has 0 fully saturated rings. The van der Waals surface area contributed by atoms with E-state index in [4.69, 9.17) is 0 Å². The van der Waals surface area contributed by atoms with E-state index in [0.717, 1.165) is 30.2 Å². The van der Waals surface area contributed by atoms with Crippen LogP contribution in [0.1, 0.15) is 26.2 Å². The molecule has 0 spiro atoms. The van der Waals surface area contributed by atoms with Crippen molar-refractivity contribution in [3.05, 3.63) is 35.4 Å². The lowest BCUT2D eigenvalue weighted by Gasteiger charge is -2.15. The molecule has 0 aliphatic heterocycles. The minimum absolute atomic E-state index is 0.707. The normalized spacial score (nSPS) is 16.9. The lowest BCUT2D eigenvalue weighted by atomic mass is 10.0. The highest BCUT2D eigenvalue weighted by atomic mass is 32.2. The van der Waals surface area contributed by atoms with E-state index in [2.05, 4.69) is 17.4 Å². The molecule has 0 aromatic carbocycles. The van der Waals surface area contributed by atoms with Gasteiger partial charge >= 0.3 is 0 Å². The number of hydrogen-bond acceptors (Lipinski definition) is 2. The predicted octanol–water partition coefficient (Wildman–Crippen LogP) is 2.06. The molecule has 0 aromatic rings. The van der Waals surface area contributed by atoms with Crippen molar-refractivity contribution in [3.63, 3.8) is 0 Å². The van der Waals surface area contributed by atoms with Crippen LogP contribution in [0.3, 0.4) is 0 Å². The van der Waals surface area contributed by atoms with Gasteiger partial charge in [-0.1, -0.05) is 25.7 Å². The maximum Gasteiger partial charge on any atom is 0.254 e. The van der Waals surface area contributed by atoms with Gasteiger partial charge in [0.2, 0.25) is 0 Å². The minimum Gasteiger partial charge on any atom is -0.280 e. The lowest BCUT2D eigenvalue weighted by Crippen LogP contribution is -2.22. The molecule has 4 heteroatoms. The molecule has 0 atom stereocenters. The van der Waals surface area contributed by atoms with Crippen LogP contribution in [0.2, 0.25) is 0 Å². The van der Waals surface area contributed by atoms with Gasteiger partial charge in [0.05, 0.1) is 0 Å². The van der Waals surface area contributed by atoms with Crippen molar-refractivity contribution in [2.75, 3.05) is 0 Å². The Morgan fingerprint density at radius 1 is 1.50 bits per heavy atom. The van der Waals surface area contributed by atoms with Crippen molar-refractivity contribution >= 4 is 10.0 Å². The van der Waals surface area contributed by atoms with Crippen molar-refractivity contribution in [3.8, 4) is 0 Å². The van der Waals surface area contributed by atoms with Crippen LogP contribution < -0.4 is 4.72 Å². The van der Waals surface area contributed by atoms with Gasteiger partial charge in [-0.15, -0.1) is 0 Å². The Kier molecular flexibility index (Phi) is 3.52. The molecule has 1 rings (SSSR count). The second kappa shape index (κ2) is 4.46. The molecule has 0 aromatic heterocycles. The van der Waals surface area contributed by atoms with Crippen molar-refractivity contribution in [1.82, 2.24) is 4.72 Å². The van der Waals surface area contributed by atoms with Crippen molar-refractivity contribution in [2.45, 2.75) is 26.2 Å². The zero-order valence-electron chi connectivity index (χ0n) is 8.29. The topological polar surface area (TPSA) is 46.2 Å². The minimum atomic E-state index is -3.36. The van der Waals surface area contributed by atoms with E-state index in [1.165, 1.54) is 0 Å². The summed E-state index contributed by atoms with van der Waals surface area (Å²) in [7, 11) is -3.36. The Morgan fingerprint density at radius 3 is 2.71 bits per heavy atom. The summed E-state index contributed by atoms with van der Waals surface area (Å²) in [6, 6.07) is 0. The first-order valence-corrected chi connectivity index (χ1v) is 6.18. The summed E-state index contributed by atoms with van der Waals surface area (Å²) in [5.74, 6) is 0. The average Bonchev–Trinajstić information content (AvgIpc) is 2.18. The summed E-state index contributed by atoms with van der Waals surface area (Å²) in [4.78, 5) is 0. The molecular formula is C10H15NO2S. The molecule has 1 N–H and O–H groups in total. The van der Waals surface area contributed by atoms with Gasteiger partial charge in [0.25, 0.3) is 10.0 Å². The number of allylic oxidation sites excluding steroid dienone is 3. The molecule has 0 bridgehead atoms. The first kappa shape index (κ1) is 11.0. The van der Waals surface area contributed by atoms with Gasteiger partial charge in [0, 0.05) is 11.1 Å². The summed E-state index contributed by atoms with van der Waals surface area (Å²) in [6.45, 7) is 5.26. The molecule has 1 aliphatic rings. The second-order valence-electron chi connectivity index (χ2n) is 3.09. The third-order valence-electron chi connectivity index (χ3n) is 2.10. The SMILES string of the molecule is C=CS(=O)(=O)NC1=CCCC=C1CC. The van der Waals surface area contributed by atoms with E-state index >= 15 is 0 Å². The molecule has 0 amide bonds. The Labute approximate surface area is 85.3 Å². The van der Waals surface area contributed by atoms with E-state index in [1.54, 1.807) is 0 Å². The summed E-state index contributed by atoms with van der Waals surface area (Å²) < 4.78 is 25.0. The number of hydrogen-bond donors (Lipinski definition) is 1. The standard InChI is InChI=1S/C10H15NO2S/c1-3-9-7-5-6-8-10(9)11-14(12,13)4-2/h4,7-8,11H,2-3,5-6H2,1H3. The van der Waals surface area contributed by atoms with Gasteiger partial charge in [-0.25, -0.2) is 8.42 Å². The molecule has 0 radical (unpaired) electrons. The zero-order chi connectivity index (χ0) is 10.6. The van der Waals surface area contributed by atoms with Crippen LogP contribution in [0.15, 0.2) is 35.4 Å². The summed E-state index contributed by atoms with van der Waals surface area (Å²) in [5.41, 5.74) is 1.76. The fourth-order valence-corrected chi connectivity index (χ4v) is 1.97. The molecule has 0 saturated carbocycles. The second-order valence-corrected chi connectivity index (χ2v) is 4.72. The summed E-state index contributed by atoms with van der Waals surface area (Å²) in [5, 5.41) is 0.926. The van der Waals surface area contributed by atoms with E-state index < -0.39 is 10.0 Å². The van der Waals surface area contributed by atoms with Gasteiger partial charge < -0.3 is 0 Å². The monoisotopic (exact) mass is 213 g/mol. The van der Waals surface area contributed by atoms with E-state index in [0.29, 0.717) is 5.70 Å². The van der Waals surface area contributed by atoms with E-state index in [-0.39, 0.29) is 0 Å². The summed E-state index contributed by atoms with van der Waals surface area (Å²) >= 11 is 0. The van der Waals surface area contributed by atoms with E-state index in [1.807, 2.05) is 13.0 Å². The first-order valence-electron chi connectivity index (χ1n) is 4.64. The van der Waals surface area contributed by atoms with Crippen LogP contribution in [-0.4, -0.2) is 8.42 Å². The summed E-state index contributed by atoms with van der Waals surface area (Å²) in [6.07, 6.45) is 6.70. The number of sulfonamides is 1. The average molecular weight is 213 g/mol. The van der Waals surface area contributed by atoms with Crippen LogP contribution in [0, 0.1) is 0 Å². The highest BCUT2D eigenvalue weighted by Gasteiger charge is 2.11.